The number of fused-ring (bicyclic) bond motifs is 1. The summed E-state index contributed by atoms with van der Waals surface area (Å²) in [6, 6.07) is 3.61. The molecule has 0 bridgehead atoms. The zero-order chi connectivity index (χ0) is 17.3. The van der Waals surface area contributed by atoms with Crippen molar-refractivity contribution in [2.75, 3.05) is 38.8 Å². The SMILES string of the molecule is COc1ccc(OC)c2sc(N3CC(C(=O)NCC(F)F)C3)nc12. The Morgan fingerprint density at radius 2 is 2.04 bits per heavy atom. The van der Waals surface area contributed by atoms with Gasteiger partial charge in [-0.25, -0.2) is 13.8 Å². The number of thiazole rings is 1. The first-order valence-electron chi connectivity index (χ1n) is 7.35. The molecule has 2 heterocycles. The van der Waals surface area contributed by atoms with Crippen molar-refractivity contribution in [3.05, 3.63) is 12.1 Å². The van der Waals surface area contributed by atoms with Gasteiger partial charge in [-0.05, 0) is 12.1 Å². The van der Waals surface area contributed by atoms with Crippen molar-refractivity contribution in [2.24, 2.45) is 5.92 Å². The zero-order valence-electron chi connectivity index (χ0n) is 13.2. The molecule has 0 unspecified atom stereocenters. The Morgan fingerprint density at radius 1 is 1.38 bits per heavy atom. The van der Waals surface area contributed by atoms with E-state index in [4.69, 9.17) is 9.47 Å². The first kappa shape index (κ1) is 16.7. The van der Waals surface area contributed by atoms with E-state index >= 15 is 0 Å². The smallest absolute Gasteiger partial charge is 0.255 e. The normalized spacial score (nSPS) is 14.8. The van der Waals surface area contributed by atoms with E-state index < -0.39 is 13.0 Å². The average Bonchev–Trinajstić information content (AvgIpc) is 2.95. The molecule has 3 rings (SSSR count). The number of alkyl halides is 2. The van der Waals surface area contributed by atoms with E-state index in [0.29, 0.717) is 30.1 Å². The molecule has 1 saturated heterocycles. The van der Waals surface area contributed by atoms with Crippen LogP contribution in [-0.2, 0) is 4.79 Å². The van der Waals surface area contributed by atoms with Gasteiger partial charge >= 0.3 is 0 Å². The summed E-state index contributed by atoms with van der Waals surface area (Å²) < 4.78 is 35.8. The van der Waals surface area contributed by atoms with Crippen LogP contribution in [0.15, 0.2) is 12.1 Å². The Balaban J connectivity index is 1.72. The highest BCUT2D eigenvalue weighted by Gasteiger charge is 2.35. The number of nitrogens with zero attached hydrogens (tertiary/aromatic N) is 2. The van der Waals surface area contributed by atoms with Gasteiger partial charge in [-0.15, -0.1) is 0 Å². The number of aromatic nitrogens is 1. The number of halogens is 2. The minimum atomic E-state index is -2.53. The van der Waals surface area contributed by atoms with Crippen LogP contribution in [0.2, 0.25) is 0 Å². The lowest BCUT2D eigenvalue weighted by Gasteiger charge is -2.37. The number of hydrogen-bond donors (Lipinski definition) is 1. The second kappa shape index (κ2) is 6.76. The molecule has 1 aromatic carbocycles. The van der Waals surface area contributed by atoms with Crippen LogP contribution in [0.5, 0.6) is 11.5 Å². The highest BCUT2D eigenvalue weighted by atomic mass is 32.1. The van der Waals surface area contributed by atoms with Crippen molar-refractivity contribution in [3.63, 3.8) is 0 Å². The van der Waals surface area contributed by atoms with E-state index in [1.165, 1.54) is 11.3 Å². The van der Waals surface area contributed by atoms with Gasteiger partial charge in [0.25, 0.3) is 6.43 Å². The lowest BCUT2D eigenvalue weighted by molar-refractivity contribution is -0.126. The molecule has 9 heteroatoms. The van der Waals surface area contributed by atoms with E-state index in [-0.39, 0.29) is 11.8 Å². The number of methoxy groups -OCH3 is 2. The standard InChI is InChI=1S/C15H17F2N3O3S/c1-22-9-3-4-10(23-2)13-12(9)19-15(24-13)20-6-8(7-20)14(21)18-5-11(16)17/h3-4,8,11H,5-7H2,1-2H3,(H,18,21). The molecule has 0 radical (unpaired) electrons. The average molecular weight is 357 g/mol. The van der Waals surface area contributed by atoms with Gasteiger partial charge < -0.3 is 19.7 Å². The third-order valence-electron chi connectivity index (χ3n) is 3.85. The van der Waals surface area contributed by atoms with Crippen molar-refractivity contribution in [1.29, 1.82) is 0 Å². The quantitative estimate of drug-likeness (QED) is 0.858. The summed E-state index contributed by atoms with van der Waals surface area (Å²) in [5.74, 6) is 0.726. The zero-order valence-corrected chi connectivity index (χ0v) is 14.0. The van der Waals surface area contributed by atoms with Crippen LogP contribution < -0.4 is 19.7 Å². The number of hydrogen-bond acceptors (Lipinski definition) is 6. The molecular formula is C15H17F2N3O3S. The van der Waals surface area contributed by atoms with Crippen molar-refractivity contribution in [3.8, 4) is 11.5 Å². The molecular weight excluding hydrogens is 340 g/mol. The number of anilines is 1. The summed E-state index contributed by atoms with van der Waals surface area (Å²) in [6.45, 7) is 0.309. The minimum Gasteiger partial charge on any atom is -0.495 e. The number of carbonyl (C=O) groups is 1. The Hall–Kier alpha value is -2.16. The number of nitrogens with one attached hydrogen (secondary N) is 1. The molecule has 0 aliphatic carbocycles. The van der Waals surface area contributed by atoms with E-state index in [0.717, 1.165) is 9.83 Å². The highest BCUT2D eigenvalue weighted by molar-refractivity contribution is 7.22. The van der Waals surface area contributed by atoms with Crippen LogP contribution in [0.4, 0.5) is 13.9 Å². The van der Waals surface area contributed by atoms with Gasteiger partial charge in [0.05, 0.1) is 26.7 Å². The summed E-state index contributed by atoms with van der Waals surface area (Å²) in [4.78, 5) is 18.3. The Morgan fingerprint density at radius 3 is 2.67 bits per heavy atom. The van der Waals surface area contributed by atoms with E-state index in [2.05, 4.69) is 10.3 Å². The van der Waals surface area contributed by atoms with Crippen LogP contribution >= 0.6 is 11.3 Å². The second-order valence-corrected chi connectivity index (χ2v) is 6.36. The number of rotatable bonds is 6. The third kappa shape index (κ3) is 3.08. The van der Waals surface area contributed by atoms with Crippen molar-refractivity contribution in [1.82, 2.24) is 10.3 Å². The first-order chi connectivity index (χ1) is 11.5. The van der Waals surface area contributed by atoms with Gasteiger partial charge in [-0.3, -0.25) is 4.79 Å². The monoisotopic (exact) mass is 357 g/mol. The molecule has 0 atom stereocenters. The van der Waals surface area contributed by atoms with E-state index in [1.54, 1.807) is 20.3 Å². The number of carbonyl (C=O) groups excluding carboxylic acids is 1. The molecule has 2 aromatic rings. The van der Waals surface area contributed by atoms with Crippen LogP contribution in [0.3, 0.4) is 0 Å². The Bertz CT molecular complexity index is 706. The van der Waals surface area contributed by atoms with Gasteiger partial charge in [0.2, 0.25) is 5.91 Å². The maximum absolute atomic E-state index is 12.1. The van der Waals surface area contributed by atoms with Crippen LogP contribution in [0.1, 0.15) is 0 Å². The lowest BCUT2D eigenvalue weighted by atomic mass is 10.0. The highest BCUT2D eigenvalue weighted by Crippen LogP contribution is 2.41. The molecule has 1 amide bonds. The van der Waals surface area contributed by atoms with Crippen LogP contribution in [0, 0.1) is 5.92 Å². The molecule has 1 fully saturated rings. The fraction of sp³-hybridized carbons (Fsp3) is 0.467. The third-order valence-corrected chi connectivity index (χ3v) is 4.98. The predicted molar refractivity (Wildman–Crippen MR) is 87.4 cm³/mol. The Kier molecular flexibility index (Phi) is 4.70. The van der Waals surface area contributed by atoms with Gasteiger partial charge in [0, 0.05) is 13.1 Å². The van der Waals surface area contributed by atoms with Crippen LogP contribution in [-0.4, -0.2) is 51.2 Å². The predicted octanol–water partition coefficient (Wildman–Crippen LogP) is 2.13. The molecule has 130 valence electrons. The molecule has 1 aliphatic rings. The minimum absolute atomic E-state index is 0.292. The molecule has 0 spiro atoms. The molecule has 0 saturated carbocycles. The number of benzene rings is 1. The maximum Gasteiger partial charge on any atom is 0.255 e. The van der Waals surface area contributed by atoms with Gasteiger partial charge in [0.15, 0.2) is 5.13 Å². The fourth-order valence-electron chi connectivity index (χ4n) is 2.53. The van der Waals surface area contributed by atoms with Crippen LogP contribution in [0.25, 0.3) is 10.2 Å². The fourth-order valence-corrected chi connectivity index (χ4v) is 3.62. The summed E-state index contributed by atoms with van der Waals surface area (Å²) in [5, 5.41) is 3.00. The van der Waals surface area contributed by atoms with E-state index in [9.17, 15) is 13.6 Å². The van der Waals surface area contributed by atoms with Gasteiger partial charge in [-0.2, -0.15) is 0 Å². The van der Waals surface area contributed by atoms with Crippen molar-refractivity contribution >= 4 is 32.6 Å². The lowest BCUT2D eigenvalue weighted by Crippen LogP contribution is -2.54. The number of ether oxygens (including phenoxy) is 2. The second-order valence-electron chi connectivity index (χ2n) is 5.38. The van der Waals surface area contributed by atoms with Gasteiger partial charge in [0.1, 0.15) is 21.7 Å². The topological polar surface area (TPSA) is 63.7 Å². The summed E-state index contributed by atoms with van der Waals surface area (Å²) >= 11 is 1.45. The van der Waals surface area contributed by atoms with Crippen molar-refractivity contribution in [2.45, 2.75) is 6.43 Å². The maximum atomic E-state index is 12.1. The largest absolute Gasteiger partial charge is 0.495 e. The molecule has 24 heavy (non-hydrogen) atoms. The van der Waals surface area contributed by atoms with Gasteiger partial charge in [-0.1, -0.05) is 11.3 Å². The molecule has 1 N–H and O–H groups in total. The summed E-state index contributed by atoms with van der Waals surface area (Å²) in [5.41, 5.74) is 0.711. The Labute approximate surface area is 141 Å². The van der Waals surface area contributed by atoms with Crippen molar-refractivity contribution < 1.29 is 23.0 Å². The summed E-state index contributed by atoms with van der Waals surface area (Å²) in [7, 11) is 3.17. The molecule has 1 aliphatic heterocycles. The number of amides is 1. The molecule has 6 nitrogen and oxygen atoms in total. The molecule has 1 aromatic heterocycles. The van der Waals surface area contributed by atoms with E-state index in [1.807, 2.05) is 11.0 Å². The summed E-state index contributed by atoms with van der Waals surface area (Å²) in [6.07, 6.45) is -2.53. The first-order valence-corrected chi connectivity index (χ1v) is 8.17.